The Morgan fingerprint density at radius 1 is 1.11 bits per heavy atom. The molecule has 11 heteroatoms. The average Bonchev–Trinajstić information content (AvgIpc) is 3.56. The van der Waals surface area contributed by atoms with E-state index in [1.54, 1.807) is 23.1 Å². The SMILES string of the molecule is COCCn1nnnc1[C@H](c1cc2cc(C)ccc2[nH]c1=O)N1CCN(c2nc3ccccc3s2)CC1. The van der Waals surface area contributed by atoms with Crippen LogP contribution in [0.25, 0.3) is 21.1 Å². The predicted molar refractivity (Wildman–Crippen MR) is 144 cm³/mol. The molecule has 4 heterocycles. The number of fused-ring (bicyclic) bond motifs is 2. The van der Waals surface area contributed by atoms with Gasteiger partial charge in [0.2, 0.25) is 0 Å². The molecular formula is C26H28N8O2S. The monoisotopic (exact) mass is 516 g/mol. The van der Waals surface area contributed by atoms with Crippen LogP contribution in [-0.2, 0) is 11.3 Å². The molecule has 0 radical (unpaired) electrons. The molecule has 1 aliphatic heterocycles. The van der Waals surface area contributed by atoms with Crippen molar-refractivity contribution >= 4 is 37.6 Å². The number of nitrogens with zero attached hydrogens (tertiary/aromatic N) is 7. The summed E-state index contributed by atoms with van der Waals surface area (Å²) in [6, 6.07) is 15.9. The highest BCUT2D eigenvalue weighted by Gasteiger charge is 2.33. The number of benzene rings is 2. The fourth-order valence-corrected chi connectivity index (χ4v) is 5.97. The standard InChI is InChI=1S/C26H28N8O2S/c1-17-7-8-20-18(15-17)16-19(25(35)27-20)23(24-29-30-31-34(24)13-14-36-2)32-9-11-33(12-10-32)26-28-21-5-3-4-6-22(21)37-26/h3-8,15-16,23H,9-14H2,1-2H3,(H,27,35)/t23-/m0/s1. The highest BCUT2D eigenvalue weighted by atomic mass is 32.1. The van der Waals surface area contributed by atoms with Gasteiger partial charge in [-0.2, -0.15) is 0 Å². The Kier molecular flexibility index (Phi) is 6.41. The largest absolute Gasteiger partial charge is 0.383 e. The molecule has 1 N–H and O–H groups in total. The van der Waals surface area contributed by atoms with Crippen molar-refractivity contribution < 1.29 is 4.74 Å². The van der Waals surface area contributed by atoms with Crippen molar-refractivity contribution in [2.75, 3.05) is 44.8 Å². The van der Waals surface area contributed by atoms with E-state index in [1.165, 1.54) is 4.70 Å². The maximum Gasteiger partial charge on any atom is 0.253 e. The molecule has 0 bridgehead atoms. The van der Waals surface area contributed by atoms with Crippen LogP contribution in [0.2, 0.25) is 0 Å². The summed E-state index contributed by atoms with van der Waals surface area (Å²) in [6.45, 7) is 6.09. The third-order valence-corrected chi connectivity index (χ3v) is 7.96. The summed E-state index contributed by atoms with van der Waals surface area (Å²) >= 11 is 1.72. The summed E-state index contributed by atoms with van der Waals surface area (Å²) in [6.07, 6.45) is 0. The van der Waals surface area contributed by atoms with Crippen molar-refractivity contribution in [1.82, 2.24) is 35.1 Å². The number of rotatable bonds is 7. The van der Waals surface area contributed by atoms with Crippen LogP contribution in [0.4, 0.5) is 5.13 Å². The van der Waals surface area contributed by atoms with Crippen molar-refractivity contribution in [3.8, 4) is 0 Å². The zero-order chi connectivity index (χ0) is 25.4. The molecule has 6 rings (SSSR count). The lowest BCUT2D eigenvalue weighted by Crippen LogP contribution is -2.49. The molecule has 0 spiro atoms. The van der Waals surface area contributed by atoms with E-state index in [9.17, 15) is 4.79 Å². The second-order valence-electron chi connectivity index (χ2n) is 9.29. The van der Waals surface area contributed by atoms with E-state index in [1.807, 2.05) is 37.3 Å². The Morgan fingerprint density at radius 2 is 1.95 bits per heavy atom. The summed E-state index contributed by atoms with van der Waals surface area (Å²) in [5.41, 5.74) is 3.49. The van der Waals surface area contributed by atoms with Crippen LogP contribution in [0.1, 0.15) is 23.0 Å². The van der Waals surface area contributed by atoms with Gasteiger partial charge in [0.05, 0.1) is 23.4 Å². The van der Waals surface area contributed by atoms with Crippen LogP contribution in [0.5, 0.6) is 0 Å². The van der Waals surface area contributed by atoms with Gasteiger partial charge in [-0.05, 0) is 53.1 Å². The van der Waals surface area contributed by atoms with Crippen LogP contribution in [0.15, 0.2) is 53.3 Å². The van der Waals surface area contributed by atoms with Crippen molar-refractivity contribution in [1.29, 1.82) is 0 Å². The van der Waals surface area contributed by atoms with E-state index < -0.39 is 6.04 Å². The van der Waals surface area contributed by atoms with Gasteiger partial charge in [-0.25, -0.2) is 9.67 Å². The fraction of sp³-hybridized carbons (Fsp3) is 0.346. The number of nitrogens with one attached hydrogen (secondary N) is 1. The van der Waals surface area contributed by atoms with E-state index in [0.717, 1.165) is 53.3 Å². The van der Waals surface area contributed by atoms with Gasteiger partial charge in [0.25, 0.3) is 5.56 Å². The van der Waals surface area contributed by atoms with Gasteiger partial charge in [-0.15, -0.1) is 5.10 Å². The molecule has 1 saturated heterocycles. The molecule has 0 unspecified atom stereocenters. The number of piperazine rings is 1. The number of hydrogen-bond donors (Lipinski definition) is 1. The first-order valence-corrected chi connectivity index (χ1v) is 13.2. The van der Waals surface area contributed by atoms with E-state index in [4.69, 9.17) is 9.72 Å². The van der Waals surface area contributed by atoms with Crippen molar-refractivity contribution in [3.63, 3.8) is 0 Å². The first kappa shape index (κ1) is 23.7. The minimum absolute atomic E-state index is 0.128. The number of H-pyrrole nitrogens is 1. The summed E-state index contributed by atoms with van der Waals surface area (Å²) in [5.74, 6) is 0.642. The highest BCUT2D eigenvalue weighted by Crippen LogP contribution is 2.32. The number of methoxy groups -OCH3 is 1. The Morgan fingerprint density at radius 3 is 2.76 bits per heavy atom. The number of anilines is 1. The number of tetrazole rings is 1. The molecule has 2 aromatic carbocycles. The van der Waals surface area contributed by atoms with Crippen LogP contribution in [-0.4, -0.2) is 75.0 Å². The Labute approximate surface area is 217 Å². The van der Waals surface area contributed by atoms with E-state index >= 15 is 0 Å². The molecule has 0 aliphatic carbocycles. The van der Waals surface area contributed by atoms with Gasteiger partial charge in [-0.3, -0.25) is 9.69 Å². The van der Waals surface area contributed by atoms with Crippen molar-refractivity contribution in [2.24, 2.45) is 0 Å². The van der Waals surface area contributed by atoms with Gasteiger partial charge in [0.15, 0.2) is 11.0 Å². The third kappa shape index (κ3) is 4.61. The quantitative estimate of drug-likeness (QED) is 0.352. The van der Waals surface area contributed by atoms with Crippen LogP contribution < -0.4 is 10.5 Å². The summed E-state index contributed by atoms with van der Waals surface area (Å²) in [5, 5.41) is 14.6. The zero-order valence-corrected chi connectivity index (χ0v) is 21.6. The van der Waals surface area contributed by atoms with Gasteiger partial charge < -0.3 is 14.6 Å². The molecule has 5 aromatic rings. The molecule has 3 aromatic heterocycles. The van der Waals surface area contributed by atoms with Crippen molar-refractivity contribution in [2.45, 2.75) is 19.5 Å². The number of para-hydroxylation sites is 1. The fourth-order valence-electron chi connectivity index (χ4n) is 4.96. The Balaban J connectivity index is 1.35. The maximum atomic E-state index is 13.4. The smallest absolute Gasteiger partial charge is 0.253 e. The van der Waals surface area contributed by atoms with Gasteiger partial charge >= 0.3 is 0 Å². The Hall–Kier alpha value is -3.67. The number of aryl methyl sites for hydroxylation is 1. The number of aromatic nitrogens is 6. The number of hydrogen-bond acceptors (Lipinski definition) is 9. The van der Waals surface area contributed by atoms with Crippen LogP contribution in [0.3, 0.4) is 0 Å². The zero-order valence-electron chi connectivity index (χ0n) is 20.8. The number of thiazole rings is 1. The van der Waals surface area contributed by atoms with Crippen molar-refractivity contribution in [3.05, 3.63) is 75.8 Å². The molecule has 0 saturated carbocycles. The highest BCUT2D eigenvalue weighted by molar-refractivity contribution is 7.22. The minimum atomic E-state index is -0.391. The van der Waals surface area contributed by atoms with Crippen LogP contribution >= 0.6 is 11.3 Å². The second-order valence-corrected chi connectivity index (χ2v) is 10.3. The molecule has 1 aliphatic rings. The summed E-state index contributed by atoms with van der Waals surface area (Å²) < 4.78 is 8.21. The first-order valence-electron chi connectivity index (χ1n) is 12.3. The molecule has 37 heavy (non-hydrogen) atoms. The van der Waals surface area contributed by atoms with E-state index in [2.05, 4.69) is 48.5 Å². The summed E-state index contributed by atoms with van der Waals surface area (Å²) in [7, 11) is 1.65. The Bertz CT molecular complexity index is 1570. The van der Waals surface area contributed by atoms with Crippen LogP contribution in [0, 0.1) is 6.92 Å². The maximum absolute atomic E-state index is 13.4. The lowest BCUT2D eigenvalue weighted by atomic mass is 10.0. The molecule has 1 atom stereocenters. The predicted octanol–water partition coefficient (Wildman–Crippen LogP) is 2.99. The van der Waals surface area contributed by atoms with E-state index in [-0.39, 0.29) is 5.56 Å². The molecule has 0 amide bonds. The molecular weight excluding hydrogens is 488 g/mol. The lowest BCUT2D eigenvalue weighted by Gasteiger charge is -2.38. The van der Waals surface area contributed by atoms with Gasteiger partial charge in [0.1, 0.15) is 6.04 Å². The second kappa shape index (κ2) is 10.0. The normalized spacial score (nSPS) is 15.6. The average molecular weight is 517 g/mol. The number of aromatic amines is 1. The first-order chi connectivity index (χ1) is 18.1. The number of ether oxygens (including phenoxy) is 1. The van der Waals surface area contributed by atoms with Gasteiger partial charge in [0, 0.05) is 44.4 Å². The topological polar surface area (TPSA) is 105 Å². The lowest BCUT2D eigenvalue weighted by molar-refractivity contribution is 0.171. The summed E-state index contributed by atoms with van der Waals surface area (Å²) in [4.78, 5) is 25.9. The molecule has 1 fully saturated rings. The minimum Gasteiger partial charge on any atom is -0.383 e. The molecule has 10 nitrogen and oxygen atoms in total. The number of pyridine rings is 1. The molecule has 190 valence electrons. The third-order valence-electron chi connectivity index (χ3n) is 6.87. The van der Waals surface area contributed by atoms with Gasteiger partial charge in [-0.1, -0.05) is 35.1 Å². The van der Waals surface area contributed by atoms with E-state index in [0.29, 0.717) is 24.5 Å².